The maximum absolute atomic E-state index is 11.1. The van der Waals surface area contributed by atoms with Crippen LogP contribution in [0.5, 0.6) is 11.5 Å². The van der Waals surface area contributed by atoms with Gasteiger partial charge in [0.05, 0.1) is 18.2 Å². The highest BCUT2D eigenvalue weighted by molar-refractivity contribution is 9.10. The number of esters is 1. The summed E-state index contributed by atoms with van der Waals surface area (Å²) in [5.41, 5.74) is 0.663. The normalized spacial score (nSPS) is 10.5. The van der Waals surface area contributed by atoms with Crippen molar-refractivity contribution in [3.05, 3.63) is 28.2 Å². The Morgan fingerprint density at radius 3 is 2.82 bits per heavy atom. The summed E-state index contributed by atoms with van der Waals surface area (Å²) in [6.07, 6.45) is 2.86. The number of benzene rings is 1. The molecular weight excluding hydrogens is 288 g/mol. The van der Waals surface area contributed by atoms with Gasteiger partial charge in [0, 0.05) is 6.08 Å². The van der Waals surface area contributed by atoms with Crippen molar-refractivity contribution in [2.75, 3.05) is 13.7 Å². The largest absolute Gasteiger partial charge is 0.503 e. The summed E-state index contributed by atoms with van der Waals surface area (Å²) in [5.74, 6) is -0.0571. The number of carbonyl (C=O) groups excluding carboxylic acids is 1. The third-order valence-electron chi connectivity index (χ3n) is 2.01. The second kappa shape index (κ2) is 6.30. The smallest absolute Gasteiger partial charge is 0.330 e. The minimum Gasteiger partial charge on any atom is -0.503 e. The first-order valence-corrected chi connectivity index (χ1v) is 5.79. The lowest BCUT2D eigenvalue weighted by atomic mass is 10.2. The summed E-state index contributed by atoms with van der Waals surface area (Å²) in [5, 5.41) is 9.73. The van der Waals surface area contributed by atoms with Crippen LogP contribution in [-0.4, -0.2) is 24.8 Å². The summed E-state index contributed by atoms with van der Waals surface area (Å²) in [6.45, 7) is 2.07. The van der Waals surface area contributed by atoms with Crippen LogP contribution in [0.3, 0.4) is 0 Å². The quantitative estimate of drug-likeness (QED) is 0.686. The number of ether oxygens (including phenoxy) is 2. The average Bonchev–Trinajstić information content (AvgIpc) is 2.31. The zero-order valence-corrected chi connectivity index (χ0v) is 11.2. The number of aromatic hydroxyl groups is 1. The van der Waals surface area contributed by atoms with Crippen LogP contribution in [0.4, 0.5) is 0 Å². The number of hydrogen-bond donors (Lipinski definition) is 1. The van der Waals surface area contributed by atoms with E-state index < -0.39 is 5.97 Å². The molecule has 4 nitrogen and oxygen atoms in total. The molecule has 1 aromatic rings. The Balaban J connectivity index is 2.93. The number of rotatable bonds is 4. The number of halogens is 1. The zero-order chi connectivity index (χ0) is 12.8. The summed E-state index contributed by atoms with van der Waals surface area (Å²) < 4.78 is 10.2. The monoisotopic (exact) mass is 300 g/mol. The molecule has 1 N–H and O–H groups in total. The maximum atomic E-state index is 11.1. The molecule has 0 heterocycles. The van der Waals surface area contributed by atoms with Crippen LogP contribution in [0.1, 0.15) is 12.5 Å². The number of phenolic OH excluding ortho intramolecular Hbond substituents is 1. The molecule has 0 amide bonds. The van der Waals surface area contributed by atoms with E-state index in [4.69, 9.17) is 9.47 Å². The average molecular weight is 301 g/mol. The lowest BCUT2D eigenvalue weighted by molar-refractivity contribution is -0.137. The molecule has 0 fully saturated rings. The highest BCUT2D eigenvalue weighted by Gasteiger charge is 2.09. The van der Waals surface area contributed by atoms with Gasteiger partial charge in [0.25, 0.3) is 0 Å². The van der Waals surface area contributed by atoms with Crippen molar-refractivity contribution in [2.24, 2.45) is 0 Å². The Morgan fingerprint density at radius 1 is 1.53 bits per heavy atom. The van der Waals surface area contributed by atoms with E-state index >= 15 is 0 Å². The van der Waals surface area contributed by atoms with Gasteiger partial charge in [-0.3, -0.25) is 0 Å². The standard InChI is InChI=1S/C12H13BrO4/c1-3-17-10(14)7-5-8-4-6-9(16-2)12(15)11(8)13/h4-7,15H,3H2,1-2H3/b7-5+. The molecule has 0 saturated heterocycles. The highest BCUT2D eigenvalue weighted by atomic mass is 79.9. The van der Waals surface area contributed by atoms with Gasteiger partial charge in [0.2, 0.25) is 0 Å². The van der Waals surface area contributed by atoms with Gasteiger partial charge in [0.1, 0.15) is 0 Å². The van der Waals surface area contributed by atoms with Crippen molar-refractivity contribution in [2.45, 2.75) is 6.92 Å². The van der Waals surface area contributed by atoms with Crippen molar-refractivity contribution in [1.82, 2.24) is 0 Å². The zero-order valence-electron chi connectivity index (χ0n) is 9.57. The maximum Gasteiger partial charge on any atom is 0.330 e. The molecule has 0 unspecified atom stereocenters. The first-order valence-electron chi connectivity index (χ1n) is 5.00. The Morgan fingerprint density at radius 2 is 2.24 bits per heavy atom. The van der Waals surface area contributed by atoms with Crippen molar-refractivity contribution in [3.63, 3.8) is 0 Å². The first kappa shape index (κ1) is 13.6. The lowest BCUT2D eigenvalue weighted by Gasteiger charge is -2.07. The van der Waals surface area contributed by atoms with E-state index in [2.05, 4.69) is 15.9 Å². The third-order valence-corrected chi connectivity index (χ3v) is 2.85. The number of carbonyl (C=O) groups is 1. The van der Waals surface area contributed by atoms with Gasteiger partial charge >= 0.3 is 5.97 Å². The van der Waals surface area contributed by atoms with E-state index in [1.165, 1.54) is 13.2 Å². The molecule has 1 aromatic carbocycles. The molecule has 0 bridgehead atoms. The second-order valence-electron chi connectivity index (χ2n) is 3.11. The van der Waals surface area contributed by atoms with Crippen LogP contribution in [0.2, 0.25) is 0 Å². The Labute approximate surface area is 108 Å². The van der Waals surface area contributed by atoms with Crippen molar-refractivity contribution < 1.29 is 19.4 Å². The summed E-state index contributed by atoms with van der Waals surface area (Å²) in [6, 6.07) is 3.34. The Kier molecular flexibility index (Phi) is 5.03. The van der Waals surface area contributed by atoms with E-state index in [0.29, 0.717) is 22.4 Å². The number of methoxy groups -OCH3 is 1. The fourth-order valence-corrected chi connectivity index (χ4v) is 1.66. The van der Waals surface area contributed by atoms with Gasteiger partial charge in [-0.05, 0) is 46.6 Å². The molecule has 92 valence electrons. The van der Waals surface area contributed by atoms with Gasteiger partial charge in [0.15, 0.2) is 11.5 Å². The van der Waals surface area contributed by atoms with Gasteiger partial charge < -0.3 is 14.6 Å². The molecule has 0 saturated carbocycles. The van der Waals surface area contributed by atoms with Gasteiger partial charge in [-0.25, -0.2) is 4.79 Å². The number of hydrogen-bond acceptors (Lipinski definition) is 4. The SMILES string of the molecule is CCOC(=O)/C=C/c1ccc(OC)c(O)c1Br. The van der Waals surface area contributed by atoms with Crippen LogP contribution in [0, 0.1) is 0 Å². The topological polar surface area (TPSA) is 55.8 Å². The molecule has 1 rings (SSSR count). The van der Waals surface area contributed by atoms with Crippen molar-refractivity contribution >= 4 is 28.0 Å². The van der Waals surface area contributed by atoms with Crippen molar-refractivity contribution in [1.29, 1.82) is 0 Å². The molecule has 0 aliphatic carbocycles. The van der Waals surface area contributed by atoms with Gasteiger partial charge in [-0.15, -0.1) is 0 Å². The minimum atomic E-state index is -0.422. The van der Waals surface area contributed by atoms with Crippen LogP contribution in [0.25, 0.3) is 6.08 Å². The summed E-state index contributed by atoms with van der Waals surface area (Å²) in [7, 11) is 1.47. The molecule has 0 spiro atoms. The molecule has 0 radical (unpaired) electrons. The molecule has 0 aliphatic rings. The molecular formula is C12H13BrO4. The van der Waals surface area contributed by atoms with E-state index in [0.717, 1.165) is 0 Å². The molecule has 0 aromatic heterocycles. The molecule has 0 aliphatic heterocycles. The van der Waals surface area contributed by atoms with E-state index in [-0.39, 0.29) is 5.75 Å². The summed E-state index contributed by atoms with van der Waals surface area (Å²) in [4.78, 5) is 11.1. The van der Waals surface area contributed by atoms with Gasteiger partial charge in [-0.1, -0.05) is 0 Å². The van der Waals surface area contributed by atoms with E-state index in [9.17, 15) is 9.90 Å². The molecule has 17 heavy (non-hydrogen) atoms. The summed E-state index contributed by atoms with van der Waals surface area (Å²) >= 11 is 3.23. The lowest BCUT2D eigenvalue weighted by Crippen LogP contribution is -1.98. The minimum absolute atomic E-state index is 0.00138. The van der Waals surface area contributed by atoms with Crippen molar-refractivity contribution in [3.8, 4) is 11.5 Å². The van der Waals surface area contributed by atoms with Gasteiger partial charge in [-0.2, -0.15) is 0 Å². The predicted molar refractivity (Wildman–Crippen MR) is 68.0 cm³/mol. The highest BCUT2D eigenvalue weighted by Crippen LogP contribution is 2.36. The second-order valence-corrected chi connectivity index (χ2v) is 3.90. The predicted octanol–water partition coefficient (Wildman–Crippen LogP) is 2.74. The van der Waals surface area contributed by atoms with Crippen LogP contribution >= 0.6 is 15.9 Å². The first-order chi connectivity index (χ1) is 8.10. The van der Waals surface area contributed by atoms with E-state index in [1.54, 1.807) is 25.1 Å². The van der Waals surface area contributed by atoms with Crippen LogP contribution in [-0.2, 0) is 9.53 Å². The fourth-order valence-electron chi connectivity index (χ4n) is 1.20. The fraction of sp³-hybridized carbons (Fsp3) is 0.250. The van der Waals surface area contributed by atoms with E-state index in [1.807, 2.05) is 0 Å². The van der Waals surface area contributed by atoms with Crippen LogP contribution < -0.4 is 4.74 Å². The molecule has 0 atom stereocenters. The molecule has 5 heteroatoms. The number of phenols is 1. The Bertz CT molecular complexity index is 440. The van der Waals surface area contributed by atoms with Crippen LogP contribution in [0.15, 0.2) is 22.7 Å². The Hall–Kier alpha value is -1.49. The third kappa shape index (κ3) is 3.49.